The highest BCUT2D eigenvalue weighted by molar-refractivity contribution is 6.30. The number of nitrogens with one attached hydrogen (secondary N) is 2. The lowest BCUT2D eigenvalue weighted by Crippen LogP contribution is -2.13. The lowest BCUT2D eigenvalue weighted by Gasteiger charge is -2.08. The summed E-state index contributed by atoms with van der Waals surface area (Å²) in [5.41, 5.74) is 9.56. The number of pyridine rings is 1. The minimum Gasteiger partial charge on any atom is -0.367 e. The molecule has 0 aliphatic rings. The van der Waals surface area contributed by atoms with Crippen molar-refractivity contribution in [3.8, 4) is 22.4 Å². The molecule has 0 saturated carbocycles. The Kier molecular flexibility index (Phi) is 4.37. The number of hydrogen-bond acceptors (Lipinski definition) is 4. The van der Waals surface area contributed by atoms with Crippen LogP contribution in [-0.2, 0) is 0 Å². The van der Waals surface area contributed by atoms with Crippen molar-refractivity contribution in [1.29, 1.82) is 0 Å². The van der Waals surface area contributed by atoms with Gasteiger partial charge in [0.05, 0.1) is 11.3 Å². The number of nitrogens with zero attached hydrogens (tertiary/aromatic N) is 2. The van der Waals surface area contributed by atoms with Gasteiger partial charge in [0.25, 0.3) is 0 Å². The first-order valence-electron chi connectivity index (χ1n) is 6.98. The number of H-pyrrole nitrogens is 1. The van der Waals surface area contributed by atoms with E-state index in [9.17, 15) is 0 Å². The van der Waals surface area contributed by atoms with Gasteiger partial charge in [-0.2, -0.15) is 5.10 Å². The summed E-state index contributed by atoms with van der Waals surface area (Å²) in [6, 6.07) is 11.6. The maximum absolute atomic E-state index is 5.97. The average molecular weight is 314 g/mol. The topological polar surface area (TPSA) is 79.6 Å². The summed E-state index contributed by atoms with van der Waals surface area (Å²) < 4.78 is 0. The molecular formula is C16H16ClN5. The number of nitrogens with two attached hydrogens (primary N) is 1. The smallest absolute Gasteiger partial charge is 0.156 e. The minimum atomic E-state index is 0.541. The lowest BCUT2D eigenvalue weighted by atomic mass is 10.0. The monoisotopic (exact) mass is 313 g/mol. The molecule has 0 spiro atoms. The number of halogens is 1. The Bertz CT molecular complexity index is 737. The van der Waals surface area contributed by atoms with Crippen molar-refractivity contribution in [1.82, 2.24) is 15.2 Å². The molecule has 6 heteroatoms. The average Bonchev–Trinajstić information content (AvgIpc) is 2.98. The Morgan fingerprint density at radius 3 is 2.45 bits per heavy atom. The molecule has 0 saturated heterocycles. The molecule has 0 unspecified atom stereocenters. The first kappa shape index (κ1) is 14.6. The van der Waals surface area contributed by atoms with Crippen LogP contribution in [0.15, 0.2) is 48.8 Å². The van der Waals surface area contributed by atoms with Crippen molar-refractivity contribution >= 4 is 17.4 Å². The zero-order chi connectivity index (χ0) is 15.4. The van der Waals surface area contributed by atoms with Gasteiger partial charge in [-0.05, 0) is 29.8 Å². The van der Waals surface area contributed by atoms with Crippen molar-refractivity contribution in [2.75, 3.05) is 18.4 Å². The number of rotatable bonds is 5. The number of aromatic amines is 1. The maximum Gasteiger partial charge on any atom is 0.156 e. The zero-order valence-corrected chi connectivity index (χ0v) is 12.6. The molecule has 0 atom stereocenters. The van der Waals surface area contributed by atoms with Crippen LogP contribution >= 0.6 is 11.6 Å². The van der Waals surface area contributed by atoms with Gasteiger partial charge in [-0.15, -0.1) is 0 Å². The van der Waals surface area contributed by atoms with Crippen molar-refractivity contribution in [3.63, 3.8) is 0 Å². The fourth-order valence-electron chi connectivity index (χ4n) is 2.29. The number of aromatic nitrogens is 3. The van der Waals surface area contributed by atoms with Crippen molar-refractivity contribution < 1.29 is 0 Å². The predicted octanol–water partition coefficient (Wildman–Crippen LogP) is 3.16. The van der Waals surface area contributed by atoms with E-state index in [1.165, 1.54) is 0 Å². The summed E-state index contributed by atoms with van der Waals surface area (Å²) in [5, 5.41) is 11.4. The summed E-state index contributed by atoms with van der Waals surface area (Å²) >= 11 is 5.97. The highest BCUT2D eigenvalue weighted by Crippen LogP contribution is 2.36. The molecule has 0 aliphatic heterocycles. The van der Waals surface area contributed by atoms with Crippen LogP contribution in [-0.4, -0.2) is 28.3 Å². The number of anilines is 1. The third-order valence-corrected chi connectivity index (χ3v) is 3.56. The quantitative estimate of drug-likeness (QED) is 0.676. The fraction of sp³-hybridized carbons (Fsp3) is 0.125. The molecule has 4 N–H and O–H groups in total. The standard InChI is InChI=1S/C16H16ClN5/c17-13-3-1-12(2-4-13)15-14(11-5-8-19-9-6-11)16(22-21-15)20-10-7-18/h1-6,8-9H,7,10,18H2,(H2,20,21,22). The van der Waals surface area contributed by atoms with Crippen LogP contribution in [0.4, 0.5) is 5.82 Å². The van der Waals surface area contributed by atoms with Crippen LogP contribution < -0.4 is 11.1 Å². The van der Waals surface area contributed by atoms with Gasteiger partial charge in [-0.25, -0.2) is 0 Å². The third-order valence-electron chi connectivity index (χ3n) is 3.30. The van der Waals surface area contributed by atoms with Crippen LogP contribution in [0.5, 0.6) is 0 Å². The number of hydrogen-bond donors (Lipinski definition) is 3. The van der Waals surface area contributed by atoms with Gasteiger partial charge in [-0.3, -0.25) is 10.1 Å². The molecule has 0 amide bonds. The summed E-state index contributed by atoms with van der Waals surface area (Å²) in [6.07, 6.45) is 3.53. The molecular weight excluding hydrogens is 298 g/mol. The second kappa shape index (κ2) is 6.60. The first-order valence-corrected chi connectivity index (χ1v) is 7.36. The van der Waals surface area contributed by atoms with Gasteiger partial charge in [0.15, 0.2) is 5.82 Å². The third kappa shape index (κ3) is 2.95. The van der Waals surface area contributed by atoms with Crippen LogP contribution in [0.1, 0.15) is 0 Å². The van der Waals surface area contributed by atoms with Gasteiger partial charge >= 0.3 is 0 Å². The molecule has 2 heterocycles. The predicted molar refractivity (Wildman–Crippen MR) is 89.8 cm³/mol. The van der Waals surface area contributed by atoms with Gasteiger partial charge < -0.3 is 11.1 Å². The largest absolute Gasteiger partial charge is 0.367 e. The van der Waals surface area contributed by atoms with E-state index >= 15 is 0 Å². The van der Waals surface area contributed by atoms with E-state index in [-0.39, 0.29) is 0 Å². The van der Waals surface area contributed by atoms with E-state index in [1.807, 2.05) is 36.4 Å². The van der Waals surface area contributed by atoms with E-state index in [4.69, 9.17) is 17.3 Å². The highest BCUT2D eigenvalue weighted by Gasteiger charge is 2.16. The maximum atomic E-state index is 5.97. The van der Waals surface area contributed by atoms with E-state index in [0.717, 1.165) is 28.2 Å². The van der Waals surface area contributed by atoms with Crippen LogP contribution in [0.3, 0.4) is 0 Å². The van der Waals surface area contributed by atoms with Crippen molar-refractivity contribution in [2.45, 2.75) is 0 Å². The Balaban J connectivity index is 2.10. The van der Waals surface area contributed by atoms with Gasteiger partial charge in [0, 0.05) is 36.1 Å². The van der Waals surface area contributed by atoms with Gasteiger partial charge in [0.2, 0.25) is 0 Å². The normalized spacial score (nSPS) is 10.6. The summed E-state index contributed by atoms with van der Waals surface area (Å²) in [5.74, 6) is 0.779. The summed E-state index contributed by atoms with van der Waals surface area (Å²) in [6.45, 7) is 1.20. The molecule has 3 rings (SSSR count). The highest BCUT2D eigenvalue weighted by atomic mass is 35.5. The first-order chi connectivity index (χ1) is 10.8. The number of benzene rings is 1. The van der Waals surface area contributed by atoms with E-state index in [0.29, 0.717) is 18.1 Å². The Hall–Kier alpha value is -2.37. The Morgan fingerprint density at radius 1 is 1.05 bits per heavy atom. The van der Waals surface area contributed by atoms with Crippen molar-refractivity contribution in [2.24, 2.45) is 5.73 Å². The van der Waals surface area contributed by atoms with E-state index < -0.39 is 0 Å². The van der Waals surface area contributed by atoms with Gasteiger partial charge in [-0.1, -0.05) is 23.7 Å². The van der Waals surface area contributed by atoms with Crippen LogP contribution in [0.25, 0.3) is 22.4 Å². The molecule has 0 bridgehead atoms. The minimum absolute atomic E-state index is 0.541. The fourth-order valence-corrected chi connectivity index (χ4v) is 2.41. The van der Waals surface area contributed by atoms with Crippen LogP contribution in [0.2, 0.25) is 5.02 Å². The summed E-state index contributed by atoms with van der Waals surface area (Å²) in [4.78, 5) is 4.07. The second-order valence-corrected chi connectivity index (χ2v) is 5.22. The molecule has 22 heavy (non-hydrogen) atoms. The second-order valence-electron chi connectivity index (χ2n) is 4.78. The lowest BCUT2D eigenvalue weighted by molar-refractivity contribution is 0.998. The van der Waals surface area contributed by atoms with Gasteiger partial charge in [0.1, 0.15) is 0 Å². The Morgan fingerprint density at radius 2 is 1.77 bits per heavy atom. The molecule has 0 aliphatic carbocycles. The molecule has 2 aromatic heterocycles. The molecule has 5 nitrogen and oxygen atoms in total. The van der Waals surface area contributed by atoms with Crippen molar-refractivity contribution in [3.05, 3.63) is 53.8 Å². The SMILES string of the molecule is NCCNc1n[nH]c(-c2ccc(Cl)cc2)c1-c1ccncc1. The van der Waals surface area contributed by atoms with E-state index in [1.54, 1.807) is 12.4 Å². The van der Waals surface area contributed by atoms with Crippen LogP contribution in [0, 0.1) is 0 Å². The molecule has 112 valence electrons. The zero-order valence-electron chi connectivity index (χ0n) is 11.9. The Labute approximate surface area is 133 Å². The molecule has 0 fully saturated rings. The molecule has 0 radical (unpaired) electrons. The van der Waals surface area contributed by atoms with E-state index in [2.05, 4.69) is 20.5 Å². The summed E-state index contributed by atoms with van der Waals surface area (Å²) in [7, 11) is 0. The molecule has 1 aromatic carbocycles. The molecule has 3 aromatic rings.